The standard InChI is InChI=1S/C22H30BN3O4/c1-13-12-15(8-9-16(13)23-29-20(3,4)21(5,6)30-23)14(2)24-17(27)18-25-19(26-28-18)22(7)10-11-22/h8-9,12,14H,10-11H2,1-7H3,(H,24,27). The van der Waals surface area contributed by atoms with Gasteiger partial charge in [-0.2, -0.15) is 4.98 Å². The Balaban J connectivity index is 1.45. The van der Waals surface area contributed by atoms with Gasteiger partial charge in [0.15, 0.2) is 5.82 Å². The van der Waals surface area contributed by atoms with E-state index >= 15 is 0 Å². The number of carbonyl (C=O) groups excluding carboxylic acids is 1. The van der Waals surface area contributed by atoms with Gasteiger partial charge in [0.25, 0.3) is 0 Å². The number of aromatic nitrogens is 2. The third-order valence-corrected chi connectivity index (χ3v) is 6.81. The van der Waals surface area contributed by atoms with Crippen LogP contribution in [0.1, 0.15) is 88.1 Å². The number of nitrogens with one attached hydrogen (secondary N) is 1. The monoisotopic (exact) mass is 411 g/mol. The molecule has 0 bridgehead atoms. The van der Waals surface area contributed by atoms with Crippen LogP contribution >= 0.6 is 0 Å². The highest BCUT2D eigenvalue weighted by atomic mass is 16.7. The number of hydrogen-bond donors (Lipinski definition) is 1. The summed E-state index contributed by atoms with van der Waals surface area (Å²) in [6, 6.07) is 5.84. The molecule has 8 heteroatoms. The number of aryl methyl sites for hydroxylation is 1. The number of benzene rings is 1. The lowest BCUT2D eigenvalue weighted by molar-refractivity contribution is 0.00578. The lowest BCUT2D eigenvalue weighted by Crippen LogP contribution is -2.41. The number of nitrogens with zero attached hydrogens (tertiary/aromatic N) is 2. The van der Waals surface area contributed by atoms with E-state index in [4.69, 9.17) is 13.8 Å². The van der Waals surface area contributed by atoms with Gasteiger partial charge in [-0.05, 0) is 65.4 Å². The normalized spacial score (nSPS) is 22.0. The predicted octanol–water partition coefficient (Wildman–Crippen LogP) is 3.22. The molecule has 1 amide bonds. The number of hydrogen-bond acceptors (Lipinski definition) is 6. The Morgan fingerprint density at radius 2 is 1.77 bits per heavy atom. The van der Waals surface area contributed by atoms with Gasteiger partial charge in [-0.1, -0.05) is 35.8 Å². The molecular formula is C22H30BN3O4. The molecule has 30 heavy (non-hydrogen) atoms. The van der Waals surface area contributed by atoms with Crippen molar-refractivity contribution in [1.29, 1.82) is 0 Å². The third-order valence-electron chi connectivity index (χ3n) is 6.81. The topological polar surface area (TPSA) is 86.5 Å². The third kappa shape index (κ3) is 3.67. The second kappa shape index (κ2) is 6.92. The van der Waals surface area contributed by atoms with Crippen LogP contribution < -0.4 is 10.8 Å². The van der Waals surface area contributed by atoms with Crippen LogP contribution in [0.2, 0.25) is 0 Å². The fourth-order valence-electron chi connectivity index (χ4n) is 3.52. The van der Waals surface area contributed by atoms with Gasteiger partial charge in [0.2, 0.25) is 0 Å². The summed E-state index contributed by atoms with van der Waals surface area (Å²) >= 11 is 0. The van der Waals surface area contributed by atoms with Gasteiger partial charge >= 0.3 is 18.9 Å². The van der Waals surface area contributed by atoms with E-state index < -0.39 is 7.12 Å². The lowest BCUT2D eigenvalue weighted by atomic mass is 9.75. The number of rotatable bonds is 5. The Kier molecular flexibility index (Phi) is 4.86. The summed E-state index contributed by atoms with van der Waals surface area (Å²) in [7, 11) is -0.408. The number of amides is 1. The van der Waals surface area contributed by atoms with Crippen LogP contribution in [0.15, 0.2) is 22.7 Å². The summed E-state index contributed by atoms with van der Waals surface area (Å²) in [5.41, 5.74) is 2.22. The van der Waals surface area contributed by atoms with Crippen molar-refractivity contribution in [3.8, 4) is 0 Å². The minimum Gasteiger partial charge on any atom is -0.399 e. The van der Waals surface area contributed by atoms with Crippen LogP contribution in [0.4, 0.5) is 0 Å². The van der Waals surface area contributed by atoms with Gasteiger partial charge in [0.05, 0.1) is 17.2 Å². The SMILES string of the molecule is Cc1cc(C(C)NC(=O)c2nc(C3(C)CC3)no2)ccc1B1OC(C)(C)C(C)(C)O1. The summed E-state index contributed by atoms with van der Waals surface area (Å²) in [4.78, 5) is 16.8. The van der Waals surface area contributed by atoms with Crippen LogP contribution in [0.3, 0.4) is 0 Å². The van der Waals surface area contributed by atoms with Gasteiger partial charge in [-0.15, -0.1) is 0 Å². The van der Waals surface area contributed by atoms with Crippen LogP contribution in [0.5, 0.6) is 0 Å². The van der Waals surface area contributed by atoms with Crippen LogP contribution in [-0.2, 0) is 14.7 Å². The molecule has 1 unspecified atom stereocenters. The van der Waals surface area contributed by atoms with E-state index in [2.05, 4.69) is 28.4 Å². The molecule has 4 rings (SSSR count). The molecule has 1 aromatic carbocycles. The Hall–Kier alpha value is -2.19. The molecule has 0 radical (unpaired) electrons. The molecule has 2 fully saturated rings. The minimum absolute atomic E-state index is 0.00976. The molecule has 2 heterocycles. The molecule has 2 aliphatic rings. The first-order valence-corrected chi connectivity index (χ1v) is 10.5. The van der Waals surface area contributed by atoms with Gasteiger partial charge in [-0.3, -0.25) is 4.79 Å². The molecule has 1 aliphatic heterocycles. The molecule has 1 saturated heterocycles. The Morgan fingerprint density at radius 1 is 1.13 bits per heavy atom. The Bertz CT molecular complexity index is 965. The van der Waals surface area contributed by atoms with Crippen molar-refractivity contribution in [2.75, 3.05) is 0 Å². The maximum atomic E-state index is 12.5. The molecule has 7 nitrogen and oxygen atoms in total. The second-order valence-electron chi connectivity index (χ2n) is 9.88. The van der Waals surface area contributed by atoms with Crippen molar-refractivity contribution >= 4 is 18.5 Å². The van der Waals surface area contributed by atoms with Crippen molar-refractivity contribution in [3.05, 3.63) is 41.0 Å². The van der Waals surface area contributed by atoms with Gasteiger partial charge in [-0.25, -0.2) is 0 Å². The first-order chi connectivity index (χ1) is 13.9. The van der Waals surface area contributed by atoms with Crippen LogP contribution in [0.25, 0.3) is 0 Å². The minimum atomic E-state index is -0.408. The smallest absolute Gasteiger partial charge is 0.399 e. The molecule has 0 spiro atoms. The van der Waals surface area contributed by atoms with Crippen molar-refractivity contribution in [2.45, 2.75) is 84.0 Å². The predicted molar refractivity (Wildman–Crippen MR) is 114 cm³/mol. The molecular weight excluding hydrogens is 381 g/mol. The average Bonchev–Trinajstić information content (AvgIpc) is 3.12. The average molecular weight is 411 g/mol. The molecule has 160 valence electrons. The van der Waals surface area contributed by atoms with Crippen LogP contribution in [-0.4, -0.2) is 34.4 Å². The zero-order chi connectivity index (χ0) is 21.9. The quantitative estimate of drug-likeness (QED) is 0.761. The maximum Gasteiger partial charge on any atom is 0.495 e. The zero-order valence-corrected chi connectivity index (χ0v) is 18.8. The molecule has 1 N–H and O–H groups in total. The van der Waals surface area contributed by atoms with E-state index in [0.29, 0.717) is 5.82 Å². The lowest BCUT2D eigenvalue weighted by Gasteiger charge is -2.32. The van der Waals surface area contributed by atoms with E-state index in [9.17, 15) is 4.79 Å². The highest BCUT2D eigenvalue weighted by Gasteiger charge is 2.52. The summed E-state index contributed by atoms with van der Waals surface area (Å²) in [6.07, 6.45) is 2.05. The first kappa shape index (κ1) is 21.1. The molecule has 1 atom stereocenters. The fraction of sp³-hybridized carbons (Fsp3) is 0.591. The highest BCUT2D eigenvalue weighted by molar-refractivity contribution is 6.62. The molecule has 1 aromatic heterocycles. The largest absolute Gasteiger partial charge is 0.495 e. The first-order valence-electron chi connectivity index (χ1n) is 10.5. The number of carbonyl (C=O) groups is 1. The summed E-state index contributed by atoms with van der Waals surface area (Å²) < 4.78 is 17.5. The van der Waals surface area contributed by atoms with Crippen molar-refractivity contribution < 1.29 is 18.6 Å². The Labute approximate surface area is 178 Å². The zero-order valence-electron chi connectivity index (χ0n) is 18.8. The van der Waals surface area contributed by atoms with Crippen molar-refractivity contribution in [3.63, 3.8) is 0 Å². The van der Waals surface area contributed by atoms with Crippen molar-refractivity contribution in [1.82, 2.24) is 15.5 Å². The summed E-state index contributed by atoms with van der Waals surface area (Å²) in [5.74, 6) is 0.261. The molecule has 1 saturated carbocycles. The summed E-state index contributed by atoms with van der Waals surface area (Å²) in [6.45, 7) is 14.2. The van der Waals surface area contributed by atoms with Crippen molar-refractivity contribution in [2.24, 2.45) is 0 Å². The van der Waals surface area contributed by atoms with Gasteiger partial charge < -0.3 is 19.1 Å². The van der Waals surface area contributed by atoms with E-state index in [-0.39, 0.29) is 34.5 Å². The second-order valence-corrected chi connectivity index (χ2v) is 9.88. The van der Waals surface area contributed by atoms with E-state index in [1.54, 1.807) is 0 Å². The Morgan fingerprint density at radius 3 is 2.33 bits per heavy atom. The van der Waals surface area contributed by atoms with Gasteiger partial charge in [0.1, 0.15) is 0 Å². The van der Waals surface area contributed by atoms with E-state index in [1.165, 1.54) is 0 Å². The molecule has 1 aliphatic carbocycles. The van der Waals surface area contributed by atoms with Gasteiger partial charge in [0, 0.05) is 5.41 Å². The van der Waals surface area contributed by atoms with E-state index in [0.717, 1.165) is 29.4 Å². The highest BCUT2D eigenvalue weighted by Crippen LogP contribution is 2.46. The fourth-order valence-corrected chi connectivity index (χ4v) is 3.52. The maximum absolute atomic E-state index is 12.5. The summed E-state index contributed by atoms with van der Waals surface area (Å²) in [5, 5.41) is 6.91. The molecule has 2 aromatic rings. The van der Waals surface area contributed by atoms with E-state index in [1.807, 2.05) is 53.7 Å². The van der Waals surface area contributed by atoms with Crippen LogP contribution in [0, 0.1) is 6.92 Å².